The Morgan fingerprint density at radius 3 is 2.45 bits per heavy atom. The molecule has 1 heterocycles. The van der Waals surface area contributed by atoms with Crippen molar-refractivity contribution in [2.45, 2.75) is 20.5 Å². The number of hydrogen-bond donors (Lipinski definition) is 2. The first-order chi connectivity index (χ1) is 5.33. The van der Waals surface area contributed by atoms with E-state index in [1.54, 1.807) is 12.1 Å². The smallest absolute Gasteiger partial charge is 0.171 e. The Labute approximate surface area is 69.8 Å². The highest BCUT2D eigenvalue weighted by molar-refractivity contribution is 7.13. The Morgan fingerprint density at radius 1 is 1.45 bits per heavy atom. The standard InChI is InChI=1S/C5H6O3S.C2H6/c6-5-2-1-4(9-5)3-8-7;1-2/h1-2,6-7H,3H2;1-2H3. The van der Waals surface area contributed by atoms with Crippen molar-refractivity contribution < 1.29 is 15.3 Å². The summed E-state index contributed by atoms with van der Waals surface area (Å²) >= 11 is 1.18. The number of rotatable bonds is 2. The minimum Gasteiger partial charge on any atom is -0.499 e. The summed E-state index contributed by atoms with van der Waals surface area (Å²) in [5, 5.41) is 17.0. The summed E-state index contributed by atoms with van der Waals surface area (Å²) in [6.45, 7) is 4.14. The third kappa shape index (κ3) is 3.98. The van der Waals surface area contributed by atoms with Crippen molar-refractivity contribution in [3.8, 4) is 5.06 Å². The molecule has 0 aliphatic rings. The van der Waals surface area contributed by atoms with Crippen LogP contribution in [0.15, 0.2) is 12.1 Å². The minimum absolute atomic E-state index is 0.144. The molecule has 0 aliphatic carbocycles. The SMILES string of the molecule is CC.OOCc1ccc(O)s1. The van der Waals surface area contributed by atoms with Crippen LogP contribution < -0.4 is 0 Å². The molecule has 0 atom stereocenters. The average molecular weight is 176 g/mol. The van der Waals surface area contributed by atoms with Crippen molar-refractivity contribution in [2.24, 2.45) is 0 Å². The first-order valence-corrected chi connectivity index (χ1v) is 4.18. The zero-order valence-electron chi connectivity index (χ0n) is 6.57. The summed E-state index contributed by atoms with van der Waals surface area (Å²) in [6.07, 6.45) is 0. The van der Waals surface area contributed by atoms with E-state index in [-0.39, 0.29) is 11.7 Å². The maximum absolute atomic E-state index is 8.76. The topological polar surface area (TPSA) is 49.7 Å². The van der Waals surface area contributed by atoms with Crippen LogP contribution in [0, 0.1) is 0 Å². The highest BCUT2D eigenvalue weighted by Crippen LogP contribution is 2.22. The molecule has 3 nitrogen and oxygen atoms in total. The van der Waals surface area contributed by atoms with Crippen molar-refractivity contribution >= 4 is 11.3 Å². The summed E-state index contributed by atoms with van der Waals surface area (Å²) in [7, 11) is 0. The van der Waals surface area contributed by atoms with Crippen LogP contribution >= 0.6 is 11.3 Å². The van der Waals surface area contributed by atoms with Gasteiger partial charge in [-0.2, -0.15) is 0 Å². The molecule has 2 N–H and O–H groups in total. The molecular formula is C7H12O3S. The van der Waals surface area contributed by atoms with Crippen LogP contribution in [-0.2, 0) is 11.5 Å². The van der Waals surface area contributed by atoms with Gasteiger partial charge in [0.15, 0.2) is 5.06 Å². The fraction of sp³-hybridized carbons (Fsp3) is 0.429. The Kier molecular flexibility index (Phi) is 5.83. The van der Waals surface area contributed by atoms with E-state index in [2.05, 4.69) is 4.89 Å². The van der Waals surface area contributed by atoms with Crippen LogP contribution in [-0.4, -0.2) is 10.4 Å². The number of aromatic hydroxyl groups is 1. The molecule has 11 heavy (non-hydrogen) atoms. The third-order valence-electron chi connectivity index (χ3n) is 0.854. The van der Waals surface area contributed by atoms with Crippen LogP contribution in [0.25, 0.3) is 0 Å². The van der Waals surface area contributed by atoms with Gasteiger partial charge < -0.3 is 5.11 Å². The summed E-state index contributed by atoms with van der Waals surface area (Å²) < 4.78 is 0. The van der Waals surface area contributed by atoms with E-state index >= 15 is 0 Å². The third-order valence-corrected chi connectivity index (χ3v) is 1.72. The maximum Gasteiger partial charge on any atom is 0.171 e. The normalized spacial score (nSPS) is 8.64. The first-order valence-electron chi connectivity index (χ1n) is 3.37. The van der Waals surface area contributed by atoms with Crippen molar-refractivity contribution in [2.75, 3.05) is 0 Å². The highest BCUT2D eigenvalue weighted by Gasteiger charge is 1.95. The molecule has 4 heteroatoms. The molecule has 0 saturated heterocycles. The monoisotopic (exact) mass is 176 g/mol. The molecule has 1 aromatic heterocycles. The van der Waals surface area contributed by atoms with Gasteiger partial charge in [0.25, 0.3) is 0 Å². The van der Waals surface area contributed by atoms with Crippen molar-refractivity contribution in [3.63, 3.8) is 0 Å². The quantitative estimate of drug-likeness (QED) is 0.537. The maximum atomic E-state index is 8.76. The van der Waals surface area contributed by atoms with Crippen molar-refractivity contribution in [3.05, 3.63) is 17.0 Å². The lowest BCUT2D eigenvalue weighted by atomic mass is 10.5. The van der Waals surface area contributed by atoms with E-state index in [1.807, 2.05) is 13.8 Å². The fourth-order valence-corrected chi connectivity index (χ4v) is 1.16. The van der Waals surface area contributed by atoms with Crippen LogP contribution in [0.3, 0.4) is 0 Å². The zero-order chi connectivity index (χ0) is 8.69. The summed E-state index contributed by atoms with van der Waals surface area (Å²) in [4.78, 5) is 4.64. The van der Waals surface area contributed by atoms with Crippen LogP contribution in [0.2, 0.25) is 0 Å². The Morgan fingerprint density at radius 2 is 2.09 bits per heavy atom. The highest BCUT2D eigenvalue weighted by atomic mass is 32.1. The molecule has 0 aromatic carbocycles. The lowest BCUT2D eigenvalue weighted by Gasteiger charge is -1.87. The van der Waals surface area contributed by atoms with Gasteiger partial charge in [0.1, 0.15) is 6.61 Å². The molecule has 0 spiro atoms. The largest absolute Gasteiger partial charge is 0.499 e. The molecular weight excluding hydrogens is 164 g/mol. The van der Waals surface area contributed by atoms with Gasteiger partial charge in [-0.3, -0.25) is 5.26 Å². The van der Waals surface area contributed by atoms with E-state index in [9.17, 15) is 0 Å². The van der Waals surface area contributed by atoms with Gasteiger partial charge in [0, 0.05) is 4.88 Å². The fourth-order valence-electron chi connectivity index (χ4n) is 0.508. The van der Waals surface area contributed by atoms with Crippen LogP contribution in [0.1, 0.15) is 18.7 Å². The van der Waals surface area contributed by atoms with E-state index < -0.39 is 0 Å². The molecule has 1 aromatic rings. The second kappa shape index (κ2) is 6.15. The van der Waals surface area contributed by atoms with E-state index in [0.717, 1.165) is 4.88 Å². The predicted molar refractivity (Wildman–Crippen MR) is 44.7 cm³/mol. The molecule has 64 valence electrons. The Bertz CT molecular complexity index is 186. The average Bonchev–Trinajstić information content (AvgIpc) is 2.41. The molecule has 0 bridgehead atoms. The van der Waals surface area contributed by atoms with Gasteiger partial charge in [-0.1, -0.05) is 13.8 Å². The Balaban J connectivity index is 0.000000461. The summed E-state index contributed by atoms with van der Waals surface area (Å²) in [6, 6.07) is 3.25. The zero-order valence-corrected chi connectivity index (χ0v) is 7.39. The van der Waals surface area contributed by atoms with Crippen molar-refractivity contribution in [1.82, 2.24) is 0 Å². The van der Waals surface area contributed by atoms with Gasteiger partial charge in [-0.05, 0) is 12.1 Å². The molecule has 0 unspecified atom stereocenters. The molecule has 0 fully saturated rings. The Hall–Kier alpha value is -0.580. The van der Waals surface area contributed by atoms with Crippen LogP contribution in [0.4, 0.5) is 0 Å². The van der Waals surface area contributed by atoms with Gasteiger partial charge in [-0.25, -0.2) is 4.89 Å². The second-order valence-electron chi connectivity index (χ2n) is 1.51. The summed E-state index contributed by atoms with van der Waals surface area (Å²) in [5.74, 6) is 0. The molecule has 0 aliphatic heterocycles. The minimum atomic E-state index is 0.144. The van der Waals surface area contributed by atoms with Gasteiger partial charge in [-0.15, -0.1) is 11.3 Å². The lowest BCUT2D eigenvalue weighted by Crippen LogP contribution is -1.80. The van der Waals surface area contributed by atoms with Gasteiger partial charge in [0.2, 0.25) is 0 Å². The number of thiophene rings is 1. The van der Waals surface area contributed by atoms with E-state index in [1.165, 1.54) is 11.3 Å². The molecule has 0 saturated carbocycles. The first kappa shape index (κ1) is 10.4. The number of hydrogen-bond acceptors (Lipinski definition) is 4. The van der Waals surface area contributed by atoms with Gasteiger partial charge >= 0.3 is 0 Å². The van der Waals surface area contributed by atoms with Crippen LogP contribution in [0.5, 0.6) is 5.06 Å². The van der Waals surface area contributed by atoms with Crippen molar-refractivity contribution in [1.29, 1.82) is 0 Å². The lowest BCUT2D eigenvalue weighted by molar-refractivity contribution is -0.252. The van der Waals surface area contributed by atoms with E-state index in [4.69, 9.17) is 10.4 Å². The molecule has 1 rings (SSSR count). The second-order valence-corrected chi connectivity index (χ2v) is 2.66. The molecule has 0 radical (unpaired) electrons. The molecule has 0 amide bonds. The van der Waals surface area contributed by atoms with E-state index in [0.29, 0.717) is 0 Å². The van der Waals surface area contributed by atoms with Gasteiger partial charge in [0.05, 0.1) is 0 Å². The summed E-state index contributed by atoms with van der Waals surface area (Å²) in [5.41, 5.74) is 0. The predicted octanol–water partition coefficient (Wildman–Crippen LogP) is 2.47.